The number of hydrogen-bond donors (Lipinski definition) is 1. The lowest BCUT2D eigenvalue weighted by atomic mass is 9.90. The third kappa shape index (κ3) is 3.64. The molecule has 0 unspecified atom stereocenters. The highest BCUT2D eigenvalue weighted by Gasteiger charge is 2.36. The van der Waals surface area contributed by atoms with Crippen LogP contribution in [0.1, 0.15) is 36.2 Å². The van der Waals surface area contributed by atoms with Gasteiger partial charge in [-0.2, -0.15) is 0 Å². The maximum absolute atomic E-state index is 12.6. The number of nitrogens with zero attached hydrogens (tertiary/aromatic N) is 1. The number of aromatic nitrogens is 1. The lowest BCUT2D eigenvalue weighted by molar-refractivity contribution is -0.152. The zero-order chi connectivity index (χ0) is 18.8. The van der Waals surface area contributed by atoms with Crippen LogP contribution in [-0.2, 0) is 14.3 Å². The van der Waals surface area contributed by atoms with Crippen molar-refractivity contribution in [2.75, 3.05) is 26.9 Å². The Hall–Kier alpha value is -2.54. The first kappa shape index (κ1) is 17.9. The number of rotatable bonds is 4. The van der Waals surface area contributed by atoms with Crippen molar-refractivity contribution >= 4 is 22.8 Å². The van der Waals surface area contributed by atoms with E-state index >= 15 is 0 Å². The summed E-state index contributed by atoms with van der Waals surface area (Å²) in [5.41, 5.74) is 1.11. The minimum absolute atomic E-state index is 0.110. The highest BCUT2D eigenvalue weighted by Crippen LogP contribution is 2.28. The van der Waals surface area contributed by atoms with Gasteiger partial charge in [0, 0.05) is 23.5 Å². The van der Waals surface area contributed by atoms with Gasteiger partial charge in [0.15, 0.2) is 6.61 Å². The van der Waals surface area contributed by atoms with Crippen LogP contribution in [0.25, 0.3) is 10.9 Å². The molecule has 7 nitrogen and oxygen atoms in total. The van der Waals surface area contributed by atoms with Gasteiger partial charge >= 0.3 is 5.97 Å². The highest BCUT2D eigenvalue weighted by molar-refractivity contribution is 5.96. The lowest BCUT2D eigenvalue weighted by Gasteiger charge is -2.43. The summed E-state index contributed by atoms with van der Waals surface area (Å²) in [6.07, 6.45) is 4.31. The molecule has 2 fully saturated rings. The molecule has 1 saturated carbocycles. The van der Waals surface area contributed by atoms with Gasteiger partial charge in [0.25, 0.3) is 5.91 Å². The number of carbonyl (C=O) groups excluding carboxylic acids is 2. The molecular weight excluding hydrogens is 348 g/mol. The Morgan fingerprint density at radius 1 is 1.26 bits per heavy atom. The molecule has 1 N–H and O–H groups in total. The van der Waals surface area contributed by atoms with Gasteiger partial charge in [0.2, 0.25) is 0 Å². The molecule has 0 radical (unpaired) electrons. The fourth-order valence-electron chi connectivity index (χ4n) is 4.04. The van der Waals surface area contributed by atoms with E-state index in [-0.39, 0.29) is 24.7 Å². The largest absolute Gasteiger partial charge is 0.497 e. The van der Waals surface area contributed by atoms with Crippen molar-refractivity contribution in [1.82, 2.24) is 9.88 Å². The second kappa shape index (κ2) is 7.60. The quantitative estimate of drug-likeness (QED) is 0.834. The number of benzene rings is 1. The summed E-state index contributed by atoms with van der Waals surface area (Å²) in [6.45, 7) is 0.856. The summed E-state index contributed by atoms with van der Waals surface area (Å²) in [6, 6.07) is 7.33. The Balaban J connectivity index is 1.39. The van der Waals surface area contributed by atoms with Gasteiger partial charge < -0.3 is 24.1 Å². The number of aromatic amines is 1. The van der Waals surface area contributed by atoms with E-state index in [2.05, 4.69) is 4.98 Å². The van der Waals surface area contributed by atoms with Crippen LogP contribution in [0.2, 0.25) is 0 Å². The maximum atomic E-state index is 12.6. The average Bonchev–Trinajstić information content (AvgIpc) is 3.14. The number of fused-ring (bicyclic) bond motifs is 2. The summed E-state index contributed by atoms with van der Waals surface area (Å²) in [5.74, 6) is 0.0158. The maximum Gasteiger partial charge on any atom is 0.355 e. The third-order valence-electron chi connectivity index (χ3n) is 5.43. The van der Waals surface area contributed by atoms with Crippen molar-refractivity contribution in [3.63, 3.8) is 0 Å². The van der Waals surface area contributed by atoms with Crippen LogP contribution in [0.5, 0.6) is 5.75 Å². The van der Waals surface area contributed by atoms with Gasteiger partial charge in [0.05, 0.1) is 25.9 Å². The van der Waals surface area contributed by atoms with Crippen molar-refractivity contribution < 1.29 is 23.8 Å². The summed E-state index contributed by atoms with van der Waals surface area (Å²) >= 11 is 0. The van der Waals surface area contributed by atoms with Gasteiger partial charge in [-0.3, -0.25) is 4.79 Å². The van der Waals surface area contributed by atoms with Gasteiger partial charge in [-0.05, 0) is 31.0 Å². The number of esters is 1. The van der Waals surface area contributed by atoms with Crippen molar-refractivity contribution in [3.05, 3.63) is 30.0 Å². The average molecular weight is 372 g/mol. The second-order valence-electron chi connectivity index (χ2n) is 7.06. The van der Waals surface area contributed by atoms with Crippen LogP contribution >= 0.6 is 0 Å². The molecule has 1 aliphatic heterocycles. The third-order valence-corrected chi connectivity index (χ3v) is 5.43. The Kier molecular flexibility index (Phi) is 5.03. The Labute approximate surface area is 157 Å². The molecule has 2 atom stereocenters. The van der Waals surface area contributed by atoms with Crippen LogP contribution in [0.3, 0.4) is 0 Å². The summed E-state index contributed by atoms with van der Waals surface area (Å²) in [7, 11) is 1.59. The number of hydrogen-bond acceptors (Lipinski definition) is 5. The minimum atomic E-state index is -0.535. The normalized spacial score (nSPS) is 22.3. The zero-order valence-electron chi connectivity index (χ0n) is 15.4. The topological polar surface area (TPSA) is 80.9 Å². The van der Waals surface area contributed by atoms with E-state index in [1.807, 2.05) is 23.1 Å². The van der Waals surface area contributed by atoms with Gasteiger partial charge in [-0.15, -0.1) is 0 Å². The molecule has 1 aromatic heterocycles. The van der Waals surface area contributed by atoms with Crippen LogP contribution in [0, 0.1) is 0 Å². The van der Waals surface area contributed by atoms with E-state index in [1.165, 1.54) is 0 Å². The molecule has 1 saturated heterocycles. The number of nitrogens with one attached hydrogen (secondary N) is 1. The van der Waals surface area contributed by atoms with E-state index < -0.39 is 5.97 Å². The smallest absolute Gasteiger partial charge is 0.355 e. The first-order valence-corrected chi connectivity index (χ1v) is 9.40. The summed E-state index contributed by atoms with van der Waals surface area (Å²) in [4.78, 5) is 29.8. The highest BCUT2D eigenvalue weighted by atomic mass is 16.5. The number of carbonyl (C=O) groups is 2. The monoisotopic (exact) mass is 372 g/mol. The number of ether oxygens (including phenoxy) is 3. The molecule has 1 aliphatic carbocycles. The standard InChI is InChI=1S/C20H24N2O5/c1-25-14-7-6-13-10-16(21-15(13)11-14)20(24)27-12-19(23)22-8-9-26-18-5-3-2-4-17(18)22/h6-7,10-11,17-18,21H,2-5,8-9,12H2,1H3/t17-,18-/m1/s1. The minimum Gasteiger partial charge on any atom is -0.497 e. The van der Waals surface area contributed by atoms with E-state index in [0.717, 1.165) is 36.6 Å². The van der Waals surface area contributed by atoms with E-state index in [1.54, 1.807) is 13.2 Å². The molecule has 2 aliphatic rings. The van der Waals surface area contributed by atoms with Crippen molar-refractivity contribution in [1.29, 1.82) is 0 Å². The van der Waals surface area contributed by atoms with Crippen molar-refractivity contribution in [2.24, 2.45) is 0 Å². The first-order chi connectivity index (χ1) is 13.2. The number of methoxy groups -OCH3 is 1. The SMILES string of the molecule is COc1ccc2cc(C(=O)OCC(=O)N3CCO[C@@H]4CCCC[C@H]43)[nH]c2c1. The van der Waals surface area contributed by atoms with Crippen LogP contribution in [-0.4, -0.2) is 60.8 Å². The van der Waals surface area contributed by atoms with Gasteiger partial charge in [-0.25, -0.2) is 4.79 Å². The first-order valence-electron chi connectivity index (χ1n) is 9.40. The number of morpholine rings is 1. The fraction of sp³-hybridized carbons (Fsp3) is 0.500. The van der Waals surface area contributed by atoms with Crippen LogP contribution in [0.4, 0.5) is 0 Å². The Morgan fingerprint density at radius 3 is 2.96 bits per heavy atom. The van der Waals surface area contributed by atoms with Gasteiger partial charge in [0.1, 0.15) is 11.4 Å². The number of amides is 1. The molecule has 7 heteroatoms. The molecule has 1 aromatic carbocycles. The summed E-state index contributed by atoms with van der Waals surface area (Å²) < 4.78 is 16.3. The van der Waals surface area contributed by atoms with Crippen LogP contribution < -0.4 is 4.74 Å². The molecule has 4 rings (SSSR count). The Morgan fingerprint density at radius 2 is 2.11 bits per heavy atom. The van der Waals surface area contributed by atoms with Gasteiger partial charge in [-0.1, -0.05) is 12.8 Å². The Bertz CT molecular complexity index is 844. The molecule has 2 aromatic rings. The predicted molar refractivity (Wildman–Crippen MR) is 98.8 cm³/mol. The molecular formula is C20H24N2O5. The molecule has 144 valence electrons. The van der Waals surface area contributed by atoms with E-state index in [4.69, 9.17) is 14.2 Å². The predicted octanol–water partition coefficient (Wildman–Crippen LogP) is 2.50. The second-order valence-corrected chi connectivity index (χ2v) is 7.06. The molecule has 0 bridgehead atoms. The lowest BCUT2D eigenvalue weighted by Crippen LogP contribution is -2.55. The molecule has 1 amide bonds. The fourth-order valence-corrected chi connectivity index (χ4v) is 4.04. The molecule has 27 heavy (non-hydrogen) atoms. The summed E-state index contributed by atoms with van der Waals surface area (Å²) in [5, 5.41) is 0.882. The molecule has 0 spiro atoms. The van der Waals surface area contributed by atoms with Crippen molar-refractivity contribution in [3.8, 4) is 5.75 Å². The van der Waals surface area contributed by atoms with E-state index in [0.29, 0.717) is 24.6 Å². The molecule has 2 heterocycles. The van der Waals surface area contributed by atoms with Crippen LogP contribution in [0.15, 0.2) is 24.3 Å². The number of H-pyrrole nitrogens is 1. The van der Waals surface area contributed by atoms with E-state index in [9.17, 15) is 9.59 Å². The van der Waals surface area contributed by atoms with Crippen molar-refractivity contribution in [2.45, 2.75) is 37.8 Å². The zero-order valence-corrected chi connectivity index (χ0v) is 15.4.